The Labute approximate surface area is 121 Å². The third-order valence-corrected chi connectivity index (χ3v) is 3.01. The van der Waals surface area contributed by atoms with Gasteiger partial charge in [-0.2, -0.15) is 13.2 Å². The van der Waals surface area contributed by atoms with Gasteiger partial charge in [-0.05, 0) is 24.7 Å². The third kappa shape index (κ3) is 12.2. The first-order chi connectivity index (χ1) is 9.61. The summed E-state index contributed by atoms with van der Waals surface area (Å²) in [6.07, 6.45) is -3.30. The molecule has 0 heterocycles. The quantitative estimate of drug-likeness (QED) is 0.648. The molecule has 0 aromatic heterocycles. The number of carboxylic acids is 1. The molecule has 0 saturated carbocycles. The number of carbonyl (C=O) groups is 2. The van der Waals surface area contributed by atoms with Gasteiger partial charge in [0, 0.05) is 13.0 Å². The van der Waals surface area contributed by atoms with E-state index >= 15 is 0 Å². The average Bonchev–Trinajstić information content (AvgIpc) is 2.30. The number of ether oxygens (including phenoxy) is 1. The molecular weight excluding hydrogens is 291 g/mol. The van der Waals surface area contributed by atoms with E-state index in [2.05, 4.69) is 10.1 Å². The molecule has 1 atom stereocenters. The highest BCUT2D eigenvalue weighted by molar-refractivity contribution is 5.77. The monoisotopic (exact) mass is 313 g/mol. The zero-order chi connectivity index (χ0) is 16.5. The summed E-state index contributed by atoms with van der Waals surface area (Å²) in [7, 11) is 0. The Morgan fingerprint density at radius 3 is 2.33 bits per heavy atom. The van der Waals surface area contributed by atoms with Crippen molar-refractivity contribution in [1.29, 1.82) is 0 Å². The summed E-state index contributed by atoms with van der Waals surface area (Å²) in [5.74, 6) is -1.08. The van der Waals surface area contributed by atoms with E-state index in [1.54, 1.807) is 0 Å². The fraction of sp³-hybridized carbons (Fsp3) is 0.846. The van der Waals surface area contributed by atoms with Crippen molar-refractivity contribution >= 4 is 11.9 Å². The van der Waals surface area contributed by atoms with E-state index < -0.39 is 31.3 Å². The Bertz CT molecular complexity index is 332. The number of carbonyl (C=O) groups excluding carboxylic acids is 1. The fourth-order valence-electron chi connectivity index (χ4n) is 1.83. The van der Waals surface area contributed by atoms with E-state index in [0.717, 1.165) is 0 Å². The van der Waals surface area contributed by atoms with E-state index in [4.69, 9.17) is 5.11 Å². The van der Waals surface area contributed by atoms with Crippen molar-refractivity contribution in [3.05, 3.63) is 0 Å². The molecule has 1 unspecified atom stereocenters. The van der Waals surface area contributed by atoms with Crippen molar-refractivity contribution in [2.75, 3.05) is 19.8 Å². The highest BCUT2D eigenvalue weighted by Crippen LogP contribution is 2.20. The molecule has 0 aliphatic carbocycles. The standard InChI is InChI=1S/C13H22F3NO4/c1-9(2)10(3-4-12(19)20)5-6-17-11(18)7-21-8-13(14,15)16/h9-10H,3-8H2,1-2H3,(H,17,18)(H,19,20). The molecule has 0 aromatic rings. The lowest BCUT2D eigenvalue weighted by atomic mass is 9.88. The summed E-state index contributed by atoms with van der Waals surface area (Å²) in [6.45, 7) is 2.12. The minimum absolute atomic E-state index is 0.0610. The second-order valence-electron chi connectivity index (χ2n) is 5.18. The van der Waals surface area contributed by atoms with Gasteiger partial charge in [-0.1, -0.05) is 13.8 Å². The van der Waals surface area contributed by atoms with Gasteiger partial charge in [-0.3, -0.25) is 9.59 Å². The number of amides is 1. The van der Waals surface area contributed by atoms with Crippen LogP contribution in [0.3, 0.4) is 0 Å². The van der Waals surface area contributed by atoms with E-state index in [9.17, 15) is 22.8 Å². The van der Waals surface area contributed by atoms with Crippen LogP contribution >= 0.6 is 0 Å². The number of hydrogen-bond acceptors (Lipinski definition) is 3. The van der Waals surface area contributed by atoms with Gasteiger partial charge in [0.05, 0.1) is 0 Å². The second kappa shape index (κ2) is 9.59. The lowest BCUT2D eigenvalue weighted by molar-refractivity contribution is -0.175. The SMILES string of the molecule is CC(C)C(CCNC(=O)COCC(F)(F)F)CCC(=O)O. The summed E-state index contributed by atoms with van der Waals surface area (Å²) in [6, 6.07) is 0. The minimum atomic E-state index is -4.44. The first-order valence-electron chi connectivity index (χ1n) is 6.74. The molecule has 124 valence electrons. The molecule has 0 rings (SSSR count). The fourth-order valence-corrected chi connectivity index (χ4v) is 1.83. The van der Waals surface area contributed by atoms with E-state index in [-0.39, 0.29) is 24.8 Å². The number of alkyl halides is 3. The summed E-state index contributed by atoms with van der Waals surface area (Å²) in [5.41, 5.74) is 0. The predicted octanol–water partition coefficient (Wildman–Crippen LogP) is 2.21. The summed E-state index contributed by atoms with van der Waals surface area (Å²) >= 11 is 0. The van der Waals surface area contributed by atoms with Crippen LogP contribution in [0, 0.1) is 11.8 Å². The van der Waals surface area contributed by atoms with Gasteiger partial charge in [-0.15, -0.1) is 0 Å². The lowest BCUT2D eigenvalue weighted by Crippen LogP contribution is -2.31. The Balaban J connectivity index is 3.87. The zero-order valence-electron chi connectivity index (χ0n) is 12.2. The van der Waals surface area contributed by atoms with Crippen LogP contribution in [-0.2, 0) is 14.3 Å². The Morgan fingerprint density at radius 2 is 1.86 bits per heavy atom. The number of aliphatic carboxylic acids is 1. The van der Waals surface area contributed by atoms with Gasteiger partial charge in [0.2, 0.25) is 5.91 Å². The predicted molar refractivity (Wildman–Crippen MR) is 69.7 cm³/mol. The summed E-state index contributed by atoms with van der Waals surface area (Å²) in [5, 5.41) is 11.1. The number of rotatable bonds is 10. The summed E-state index contributed by atoms with van der Waals surface area (Å²) in [4.78, 5) is 21.8. The Kier molecular flexibility index (Phi) is 9.00. The molecule has 0 fully saturated rings. The van der Waals surface area contributed by atoms with Crippen molar-refractivity contribution in [1.82, 2.24) is 5.32 Å². The van der Waals surface area contributed by atoms with Gasteiger partial charge in [-0.25, -0.2) is 0 Å². The molecule has 8 heteroatoms. The van der Waals surface area contributed by atoms with Crippen molar-refractivity contribution in [2.24, 2.45) is 11.8 Å². The van der Waals surface area contributed by atoms with Crippen LogP contribution in [0.25, 0.3) is 0 Å². The topological polar surface area (TPSA) is 75.6 Å². The second-order valence-corrected chi connectivity index (χ2v) is 5.18. The highest BCUT2D eigenvalue weighted by Gasteiger charge is 2.27. The molecule has 21 heavy (non-hydrogen) atoms. The van der Waals surface area contributed by atoms with Gasteiger partial charge in [0.15, 0.2) is 0 Å². The van der Waals surface area contributed by atoms with Gasteiger partial charge >= 0.3 is 12.1 Å². The molecule has 0 aliphatic rings. The van der Waals surface area contributed by atoms with Crippen molar-refractivity contribution in [3.8, 4) is 0 Å². The maximum Gasteiger partial charge on any atom is 0.411 e. The number of halogens is 3. The molecule has 0 saturated heterocycles. The molecule has 1 amide bonds. The number of carboxylic acid groups (broad SMARTS) is 1. The van der Waals surface area contributed by atoms with Crippen molar-refractivity contribution in [2.45, 2.75) is 39.3 Å². The molecule has 0 radical (unpaired) electrons. The van der Waals surface area contributed by atoms with Crippen LogP contribution in [0.4, 0.5) is 13.2 Å². The Morgan fingerprint density at radius 1 is 1.24 bits per heavy atom. The van der Waals surface area contributed by atoms with E-state index in [1.807, 2.05) is 13.8 Å². The van der Waals surface area contributed by atoms with E-state index in [1.165, 1.54) is 0 Å². The lowest BCUT2D eigenvalue weighted by Gasteiger charge is -2.20. The minimum Gasteiger partial charge on any atom is -0.481 e. The molecule has 0 spiro atoms. The van der Waals surface area contributed by atoms with Crippen LogP contribution in [0.15, 0.2) is 0 Å². The summed E-state index contributed by atoms with van der Waals surface area (Å²) < 4.78 is 39.6. The highest BCUT2D eigenvalue weighted by atomic mass is 19.4. The van der Waals surface area contributed by atoms with Crippen LogP contribution in [-0.4, -0.2) is 42.9 Å². The molecule has 0 bridgehead atoms. The van der Waals surface area contributed by atoms with Crippen LogP contribution < -0.4 is 5.32 Å². The smallest absolute Gasteiger partial charge is 0.411 e. The maximum atomic E-state index is 11.8. The zero-order valence-corrected chi connectivity index (χ0v) is 12.2. The third-order valence-electron chi connectivity index (χ3n) is 3.01. The van der Waals surface area contributed by atoms with Crippen LogP contribution in [0.1, 0.15) is 33.1 Å². The van der Waals surface area contributed by atoms with E-state index in [0.29, 0.717) is 12.8 Å². The van der Waals surface area contributed by atoms with Crippen LogP contribution in [0.2, 0.25) is 0 Å². The van der Waals surface area contributed by atoms with Crippen molar-refractivity contribution < 1.29 is 32.6 Å². The average molecular weight is 313 g/mol. The normalized spacial score (nSPS) is 13.2. The molecular formula is C13H22F3NO4. The maximum absolute atomic E-state index is 11.8. The Hall–Kier alpha value is -1.31. The van der Waals surface area contributed by atoms with Gasteiger partial charge in [0.25, 0.3) is 0 Å². The van der Waals surface area contributed by atoms with Gasteiger partial charge < -0.3 is 15.2 Å². The number of nitrogens with one attached hydrogen (secondary N) is 1. The first kappa shape index (κ1) is 19.7. The largest absolute Gasteiger partial charge is 0.481 e. The first-order valence-corrected chi connectivity index (χ1v) is 6.74. The molecule has 2 N–H and O–H groups in total. The van der Waals surface area contributed by atoms with Crippen molar-refractivity contribution in [3.63, 3.8) is 0 Å². The molecule has 0 aromatic carbocycles. The van der Waals surface area contributed by atoms with Crippen LogP contribution in [0.5, 0.6) is 0 Å². The van der Waals surface area contributed by atoms with Gasteiger partial charge in [0.1, 0.15) is 13.2 Å². The molecule has 5 nitrogen and oxygen atoms in total. The molecule has 0 aliphatic heterocycles. The number of hydrogen-bond donors (Lipinski definition) is 2.